The second-order valence-corrected chi connectivity index (χ2v) is 6.85. The van der Waals surface area contributed by atoms with Crippen LogP contribution in [-0.4, -0.2) is 57.5 Å². The fourth-order valence-corrected chi connectivity index (χ4v) is 2.80. The van der Waals surface area contributed by atoms with E-state index in [1.54, 1.807) is 6.92 Å². The van der Waals surface area contributed by atoms with E-state index < -0.39 is 9.84 Å². The van der Waals surface area contributed by atoms with Gasteiger partial charge in [-0.3, -0.25) is 4.79 Å². The van der Waals surface area contributed by atoms with Gasteiger partial charge < -0.3 is 9.64 Å². The third-order valence-corrected chi connectivity index (χ3v) is 4.96. The molecule has 0 aromatic rings. The molecule has 0 radical (unpaired) electrons. The number of ether oxygens (including phenoxy) is 1. The van der Waals surface area contributed by atoms with Gasteiger partial charge in [-0.1, -0.05) is 6.92 Å². The molecular formula is C11H21NO4S. The second kappa shape index (κ2) is 6.35. The first-order valence-electron chi connectivity index (χ1n) is 5.99. The summed E-state index contributed by atoms with van der Waals surface area (Å²) < 4.78 is 27.4. The molecule has 0 unspecified atom stereocenters. The molecule has 1 fully saturated rings. The van der Waals surface area contributed by atoms with E-state index in [4.69, 9.17) is 4.74 Å². The number of rotatable bonds is 5. The van der Waals surface area contributed by atoms with Crippen LogP contribution in [0.2, 0.25) is 0 Å². The first-order valence-corrected chi connectivity index (χ1v) is 7.81. The first kappa shape index (κ1) is 14.4. The molecule has 0 N–H and O–H groups in total. The van der Waals surface area contributed by atoms with Gasteiger partial charge in [-0.15, -0.1) is 0 Å². The van der Waals surface area contributed by atoms with E-state index in [2.05, 4.69) is 4.90 Å². The summed E-state index contributed by atoms with van der Waals surface area (Å²) in [7, 11) is -1.48. The zero-order chi connectivity index (χ0) is 12.9. The van der Waals surface area contributed by atoms with Gasteiger partial charge in [-0.2, -0.15) is 0 Å². The monoisotopic (exact) mass is 263 g/mol. The van der Waals surface area contributed by atoms with E-state index in [0.717, 1.165) is 25.9 Å². The van der Waals surface area contributed by atoms with E-state index in [-0.39, 0.29) is 23.4 Å². The van der Waals surface area contributed by atoms with Crippen LogP contribution in [0, 0.1) is 5.92 Å². The average molecular weight is 263 g/mol. The van der Waals surface area contributed by atoms with Crippen LogP contribution >= 0.6 is 0 Å². The van der Waals surface area contributed by atoms with Gasteiger partial charge in [0.1, 0.15) is 0 Å². The topological polar surface area (TPSA) is 63.7 Å². The number of sulfone groups is 1. The highest BCUT2D eigenvalue weighted by Gasteiger charge is 2.25. The predicted molar refractivity (Wildman–Crippen MR) is 65.5 cm³/mol. The van der Waals surface area contributed by atoms with Crippen molar-refractivity contribution in [2.45, 2.75) is 19.8 Å². The van der Waals surface area contributed by atoms with Crippen LogP contribution in [0.15, 0.2) is 0 Å². The maximum Gasteiger partial charge on any atom is 0.308 e. The number of nitrogens with zero attached hydrogens (tertiary/aromatic N) is 1. The van der Waals surface area contributed by atoms with E-state index in [1.165, 1.54) is 7.11 Å². The molecule has 1 heterocycles. The minimum Gasteiger partial charge on any atom is -0.469 e. The van der Waals surface area contributed by atoms with Crippen LogP contribution in [-0.2, 0) is 19.4 Å². The highest BCUT2D eigenvalue weighted by Crippen LogP contribution is 2.18. The number of likely N-dealkylation sites (tertiary alicyclic amines) is 1. The lowest BCUT2D eigenvalue weighted by molar-refractivity contribution is -0.147. The maximum atomic E-state index is 11.4. The predicted octanol–water partition coefficient (Wildman–Crippen LogP) is 0.306. The summed E-state index contributed by atoms with van der Waals surface area (Å²) >= 11 is 0. The fraction of sp³-hybridized carbons (Fsp3) is 0.909. The molecule has 0 amide bonds. The molecule has 6 heteroatoms. The zero-order valence-electron chi connectivity index (χ0n) is 10.5. The maximum absolute atomic E-state index is 11.4. The molecule has 0 spiro atoms. The Morgan fingerprint density at radius 3 is 2.41 bits per heavy atom. The number of carbonyl (C=O) groups is 1. The number of methoxy groups -OCH3 is 1. The molecular weight excluding hydrogens is 242 g/mol. The highest BCUT2D eigenvalue weighted by molar-refractivity contribution is 7.91. The first-order chi connectivity index (χ1) is 7.98. The Balaban J connectivity index is 2.31. The smallest absolute Gasteiger partial charge is 0.308 e. The Labute approximate surface area is 103 Å². The lowest BCUT2D eigenvalue weighted by atomic mass is 9.97. The molecule has 0 aromatic carbocycles. The Morgan fingerprint density at radius 1 is 1.35 bits per heavy atom. The third kappa shape index (κ3) is 4.63. The Hall–Kier alpha value is -0.620. The van der Waals surface area contributed by atoms with E-state index in [1.807, 2.05) is 0 Å². The summed E-state index contributed by atoms with van der Waals surface area (Å²) in [6.07, 6.45) is 1.53. The van der Waals surface area contributed by atoms with Crippen molar-refractivity contribution in [3.63, 3.8) is 0 Å². The van der Waals surface area contributed by atoms with Gasteiger partial charge in [0.05, 0.1) is 18.8 Å². The second-order valence-electron chi connectivity index (χ2n) is 4.38. The molecule has 1 aliphatic heterocycles. The Bertz CT molecular complexity index is 344. The molecule has 0 aliphatic carbocycles. The van der Waals surface area contributed by atoms with Gasteiger partial charge in [0, 0.05) is 12.3 Å². The van der Waals surface area contributed by atoms with Crippen LogP contribution in [0.1, 0.15) is 19.8 Å². The van der Waals surface area contributed by atoms with Crippen molar-refractivity contribution in [1.82, 2.24) is 4.90 Å². The quantitative estimate of drug-likeness (QED) is 0.668. The van der Waals surface area contributed by atoms with Gasteiger partial charge >= 0.3 is 5.97 Å². The largest absolute Gasteiger partial charge is 0.469 e. The van der Waals surface area contributed by atoms with Crippen molar-refractivity contribution < 1.29 is 17.9 Å². The number of hydrogen-bond donors (Lipinski definition) is 0. The standard InChI is InChI=1S/C11H21NO4S/c1-3-17(14,15)9-8-12-6-4-10(5-7-12)11(13)16-2/h10H,3-9H2,1-2H3. The van der Waals surface area contributed by atoms with Crippen molar-refractivity contribution in [1.29, 1.82) is 0 Å². The highest BCUT2D eigenvalue weighted by atomic mass is 32.2. The van der Waals surface area contributed by atoms with Crippen molar-refractivity contribution >= 4 is 15.8 Å². The zero-order valence-corrected chi connectivity index (χ0v) is 11.3. The van der Waals surface area contributed by atoms with Crippen LogP contribution in [0.25, 0.3) is 0 Å². The summed E-state index contributed by atoms with van der Waals surface area (Å²) in [5.41, 5.74) is 0. The molecule has 1 aliphatic rings. The van der Waals surface area contributed by atoms with Gasteiger partial charge in [0.15, 0.2) is 9.84 Å². The van der Waals surface area contributed by atoms with Crippen LogP contribution in [0.5, 0.6) is 0 Å². The summed E-state index contributed by atoms with van der Waals surface area (Å²) in [4.78, 5) is 13.4. The number of hydrogen-bond acceptors (Lipinski definition) is 5. The van der Waals surface area contributed by atoms with E-state index in [0.29, 0.717) is 6.54 Å². The molecule has 1 rings (SSSR count). The molecule has 0 saturated carbocycles. The Morgan fingerprint density at radius 2 is 1.94 bits per heavy atom. The van der Waals surface area contributed by atoms with Crippen molar-refractivity contribution in [2.75, 3.05) is 38.2 Å². The molecule has 0 aromatic heterocycles. The van der Waals surface area contributed by atoms with Gasteiger partial charge in [-0.25, -0.2) is 8.42 Å². The summed E-state index contributed by atoms with van der Waals surface area (Å²) in [6.45, 7) is 3.79. The van der Waals surface area contributed by atoms with Crippen molar-refractivity contribution in [3.05, 3.63) is 0 Å². The van der Waals surface area contributed by atoms with Crippen molar-refractivity contribution in [3.8, 4) is 0 Å². The van der Waals surface area contributed by atoms with E-state index in [9.17, 15) is 13.2 Å². The molecule has 0 bridgehead atoms. The third-order valence-electron chi connectivity index (χ3n) is 3.28. The molecule has 5 nitrogen and oxygen atoms in total. The molecule has 100 valence electrons. The summed E-state index contributed by atoms with van der Waals surface area (Å²) in [5, 5.41) is 0. The molecule has 1 saturated heterocycles. The minimum absolute atomic E-state index is 0.0148. The lowest BCUT2D eigenvalue weighted by Gasteiger charge is -2.30. The van der Waals surface area contributed by atoms with Gasteiger partial charge in [0.2, 0.25) is 0 Å². The molecule has 0 atom stereocenters. The molecule has 17 heavy (non-hydrogen) atoms. The van der Waals surface area contributed by atoms with Crippen LogP contribution < -0.4 is 0 Å². The normalized spacial score (nSPS) is 19.2. The van der Waals surface area contributed by atoms with Crippen molar-refractivity contribution in [2.24, 2.45) is 5.92 Å². The fourth-order valence-electron chi connectivity index (χ4n) is 1.97. The van der Waals surface area contributed by atoms with Crippen LogP contribution in [0.4, 0.5) is 0 Å². The SMILES string of the molecule is CCS(=O)(=O)CCN1CCC(C(=O)OC)CC1. The lowest BCUT2D eigenvalue weighted by Crippen LogP contribution is -2.39. The minimum atomic E-state index is -2.89. The van der Waals surface area contributed by atoms with Crippen LogP contribution in [0.3, 0.4) is 0 Å². The van der Waals surface area contributed by atoms with Gasteiger partial charge in [0.25, 0.3) is 0 Å². The average Bonchev–Trinajstić information content (AvgIpc) is 2.36. The Kier molecular flexibility index (Phi) is 5.39. The van der Waals surface area contributed by atoms with E-state index >= 15 is 0 Å². The summed E-state index contributed by atoms with van der Waals surface area (Å²) in [5.74, 6) is 0.253. The number of esters is 1. The number of piperidine rings is 1. The summed E-state index contributed by atoms with van der Waals surface area (Å²) in [6, 6.07) is 0. The number of carbonyl (C=O) groups excluding carboxylic acids is 1. The van der Waals surface area contributed by atoms with Gasteiger partial charge in [-0.05, 0) is 25.9 Å².